The van der Waals surface area contributed by atoms with Crippen molar-refractivity contribution < 1.29 is 22.7 Å². The molecule has 2 aromatic rings. The van der Waals surface area contributed by atoms with Crippen molar-refractivity contribution >= 4 is 21.6 Å². The summed E-state index contributed by atoms with van der Waals surface area (Å²) < 4.78 is 37.4. The lowest BCUT2D eigenvalue weighted by Crippen LogP contribution is -2.35. The SMILES string of the molecule is COc1ccc(CCC(=O)Nc2ccc(S(=O)(=O)N3CCCCC3)cc2)cc1OC. The number of sulfonamides is 1. The number of nitrogens with zero attached hydrogens (tertiary/aromatic N) is 1. The van der Waals surface area contributed by atoms with Gasteiger partial charge in [0.25, 0.3) is 0 Å². The van der Waals surface area contributed by atoms with Crippen molar-refractivity contribution in [2.24, 2.45) is 0 Å². The van der Waals surface area contributed by atoms with Crippen molar-refractivity contribution in [2.45, 2.75) is 37.0 Å². The Labute approximate surface area is 178 Å². The fourth-order valence-corrected chi connectivity index (χ4v) is 5.00. The van der Waals surface area contributed by atoms with E-state index in [9.17, 15) is 13.2 Å². The third kappa shape index (κ3) is 5.31. The van der Waals surface area contributed by atoms with Crippen LogP contribution in [0.1, 0.15) is 31.2 Å². The van der Waals surface area contributed by atoms with E-state index >= 15 is 0 Å². The predicted molar refractivity (Wildman–Crippen MR) is 116 cm³/mol. The molecule has 1 aliphatic heterocycles. The van der Waals surface area contributed by atoms with Gasteiger partial charge in [-0.1, -0.05) is 12.5 Å². The monoisotopic (exact) mass is 432 g/mol. The first-order valence-electron chi connectivity index (χ1n) is 10.0. The van der Waals surface area contributed by atoms with Gasteiger partial charge in [0.05, 0.1) is 19.1 Å². The smallest absolute Gasteiger partial charge is 0.243 e. The molecule has 0 spiro atoms. The number of ether oxygens (including phenoxy) is 2. The molecule has 7 nitrogen and oxygen atoms in total. The summed E-state index contributed by atoms with van der Waals surface area (Å²) in [5.74, 6) is 1.13. The number of anilines is 1. The fraction of sp³-hybridized carbons (Fsp3) is 0.409. The van der Waals surface area contributed by atoms with E-state index in [0.29, 0.717) is 43.1 Å². The Hall–Kier alpha value is -2.58. The van der Waals surface area contributed by atoms with Crippen molar-refractivity contribution in [1.82, 2.24) is 4.31 Å². The third-order valence-corrected chi connectivity index (χ3v) is 7.09. The summed E-state index contributed by atoms with van der Waals surface area (Å²) >= 11 is 0. The molecule has 1 amide bonds. The van der Waals surface area contributed by atoms with Crippen molar-refractivity contribution in [3.05, 3.63) is 48.0 Å². The standard InChI is InChI=1S/C22H28N2O5S/c1-28-20-12-6-17(16-21(20)29-2)7-13-22(25)23-18-8-10-19(11-9-18)30(26,27)24-14-4-3-5-15-24/h6,8-12,16H,3-5,7,13-15H2,1-2H3,(H,23,25). The molecule has 8 heteroatoms. The summed E-state index contributed by atoms with van der Waals surface area (Å²) in [6.45, 7) is 1.13. The summed E-state index contributed by atoms with van der Waals surface area (Å²) in [5, 5.41) is 2.82. The molecular formula is C22H28N2O5S. The number of carbonyl (C=O) groups excluding carboxylic acids is 1. The van der Waals surface area contributed by atoms with Gasteiger partial charge in [-0.25, -0.2) is 8.42 Å². The third-order valence-electron chi connectivity index (χ3n) is 5.18. The van der Waals surface area contributed by atoms with Crippen molar-refractivity contribution in [2.75, 3.05) is 32.6 Å². The molecule has 2 aromatic carbocycles. The van der Waals surface area contributed by atoms with E-state index in [1.54, 1.807) is 38.5 Å². The summed E-state index contributed by atoms with van der Waals surface area (Å²) in [5.41, 5.74) is 1.54. The number of nitrogens with one attached hydrogen (secondary N) is 1. The van der Waals surface area contributed by atoms with Gasteiger partial charge in [-0.05, 0) is 61.2 Å². The van der Waals surface area contributed by atoms with Gasteiger partial charge in [-0.2, -0.15) is 4.31 Å². The Kier molecular flexibility index (Phi) is 7.33. The minimum atomic E-state index is -3.47. The van der Waals surface area contributed by atoms with E-state index < -0.39 is 10.0 Å². The molecule has 0 saturated carbocycles. The van der Waals surface area contributed by atoms with Crippen LogP contribution in [0.5, 0.6) is 11.5 Å². The lowest BCUT2D eigenvalue weighted by atomic mass is 10.1. The zero-order valence-corrected chi connectivity index (χ0v) is 18.2. The van der Waals surface area contributed by atoms with Gasteiger partial charge in [0.1, 0.15) is 0 Å². The van der Waals surface area contributed by atoms with E-state index in [1.807, 2.05) is 18.2 Å². The maximum atomic E-state index is 12.7. The van der Waals surface area contributed by atoms with E-state index in [0.717, 1.165) is 24.8 Å². The lowest BCUT2D eigenvalue weighted by molar-refractivity contribution is -0.116. The van der Waals surface area contributed by atoms with Crippen molar-refractivity contribution in [3.8, 4) is 11.5 Å². The highest BCUT2D eigenvalue weighted by atomic mass is 32.2. The number of methoxy groups -OCH3 is 2. The molecule has 0 unspecified atom stereocenters. The van der Waals surface area contributed by atoms with Gasteiger partial charge in [0, 0.05) is 25.2 Å². The summed E-state index contributed by atoms with van der Waals surface area (Å²) in [7, 11) is -0.317. The highest BCUT2D eigenvalue weighted by Gasteiger charge is 2.25. The molecular weight excluding hydrogens is 404 g/mol. The fourth-order valence-electron chi connectivity index (χ4n) is 3.48. The molecule has 0 bridgehead atoms. The number of hydrogen-bond acceptors (Lipinski definition) is 5. The zero-order chi connectivity index (χ0) is 21.6. The number of benzene rings is 2. The zero-order valence-electron chi connectivity index (χ0n) is 17.4. The van der Waals surface area contributed by atoms with E-state index in [2.05, 4.69) is 5.32 Å². The van der Waals surface area contributed by atoms with E-state index in [1.165, 1.54) is 4.31 Å². The van der Waals surface area contributed by atoms with Gasteiger partial charge in [0.15, 0.2) is 11.5 Å². The molecule has 0 radical (unpaired) electrons. The molecule has 1 heterocycles. The Morgan fingerprint density at radius 2 is 1.63 bits per heavy atom. The number of carbonyl (C=O) groups is 1. The topological polar surface area (TPSA) is 84.9 Å². The molecule has 162 valence electrons. The van der Waals surface area contributed by atoms with Gasteiger partial charge >= 0.3 is 0 Å². The van der Waals surface area contributed by atoms with Gasteiger partial charge in [-0.15, -0.1) is 0 Å². The summed E-state index contributed by atoms with van der Waals surface area (Å²) in [4.78, 5) is 12.6. The quantitative estimate of drug-likeness (QED) is 0.691. The second-order valence-corrected chi connectivity index (χ2v) is 9.16. The van der Waals surface area contributed by atoms with Crippen molar-refractivity contribution in [3.63, 3.8) is 0 Å². The second kappa shape index (κ2) is 9.95. The van der Waals surface area contributed by atoms with Crippen LogP contribution in [0.25, 0.3) is 0 Å². The molecule has 0 aromatic heterocycles. The molecule has 1 N–H and O–H groups in total. The van der Waals surface area contributed by atoms with Crippen LogP contribution in [0.15, 0.2) is 47.4 Å². The van der Waals surface area contributed by atoms with Crippen molar-refractivity contribution in [1.29, 1.82) is 0 Å². The van der Waals surface area contributed by atoms with Crippen LogP contribution in [-0.2, 0) is 21.2 Å². The van der Waals surface area contributed by atoms with Gasteiger partial charge in [0.2, 0.25) is 15.9 Å². The minimum absolute atomic E-state index is 0.142. The molecule has 0 aliphatic carbocycles. The largest absolute Gasteiger partial charge is 0.493 e. The first-order chi connectivity index (χ1) is 14.4. The summed E-state index contributed by atoms with van der Waals surface area (Å²) in [6.07, 6.45) is 3.71. The first-order valence-corrected chi connectivity index (χ1v) is 11.5. The van der Waals surface area contributed by atoms with Crippen LogP contribution in [0.4, 0.5) is 5.69 Å². The molecule has 0 atom stereocenters. The number of hydrogen-bond donors (Lipinski definition) is 1. The number of aryl methyl sites for hydroxylation is 1. The normalized spacial score (nSPS) is 14.9. The van der Waals surface area contributed by atoms with Crippen LogP contribution >= 0.6 is 0 Å². The molecule has 3 rings (SSSR count). The minimum Gasteiger partial charge on any atom is -0.493 e. The van der Waals surface area contributed by atoms with Crippen LogP contribution in [0, 0.1) is 0 Å². The first kappa shape index (κ1) is 22.1. The Morgan fingerprint density at radius 1 is 0.967 bits per heavy atom. The highest BCUT2D eigenvalue weighted by Crippen LogP contribution is 2.28. The maximum Gasteiger partial charge on any atom is 0.243 e. The number of rotatable bonds is 8. The van der Waals surface area contributed by atoms with E-state index in [-0.39, 0.29) is 10.8 Å². The Bertz CT molecular complexity index is 968. The van der Waals surface area contributed by atoms with Gasteiger partial charge in [-0.3, -0.25) is 4.79 Å². The summed E-state index contributed by atoms with van der Waals surface area (Å²) in [6, 6.07) is 11.9. The Balaban J connectivity index is 1.57. The van der Waals surface area contributed by atoms with Crippen LogP contribution in [0.2, 0.25) is 0 Å². The van der Waals surface area contributed by atoms with Crippen LogP contribution in [0.3, 0.4) is 0 Å². The van der Waals surface area contributed by atoms with E-state index in [4.69, 9.17) is 9.47 Å². The number of piperidine rings is 1. The van der Waals surface area contributed by atoms with Crippen LogP contribution in [-0.4, -0.2) is 45.9 Å². The highest BCUT2D eigenvalue weighted by molar-refractivity contribution is 7.89. The van der Waals surface area contributed by atoms with Gasteiger partial charge < -0.3 is 14.8 Å². The average molecular weight is 433 g/mol. The molecule has 1 fully saturated rings. The molecule has 1 aliphatic rings. The maximum absolute atomic E-state index is 12.7. The Morgan fingerprint density at radius 3 is 2.27 bits per heavy atom. The lowest BCUT2D eigenvalue weighted by Gasteiger charge is -2.25. The average Bonchev–Trinajstić information content (AvgIpc) is 2.78. The molecule has 1 saturated heterocycles. The molecule has 30 heavy (non-hydrogen) atoms. The number of amides is 1. The second-order valence-electron chi connectivity index (χ2n) is 7.23. The van der Waals surface area contributed by atoms with Crippen LogP contribution < -0.4 is 14.8 Å². The predicted octanol–water partition coefficient (Wildman–Crippen LogP) is 3.45.